The highest BCUT2D eigenvalue weighted by Gasteiger charge is 2.06. The molecule has 0 bridgehead atoms. The molecule has 0 aromatic heterocycles. The monoisotopic (exact) mass is 214 g/mol. The molecule has 0 heteroatoms. The van der Waals surface area contributed by atoms with Crippen molar-refractivity contribution in [1.82, 2.24) is 0 Å². The number of aryl methyl sites for hydroxylation is 1. The fourth-order valence-electron chi connectivity index (χ4n) is 2.03. The molecular weight excluding hydrogens is 192 g/mol. The Morgan fingerprint density at radius 1 is 1.19 bits per heavy atom. The van der Waals surface area contributed by atoms with Crippen molar-refractivity contribution in [1.29, 1.82) is 0 Å². The average molecular weight is 214 g/mol. The van der Waals surface area contributed by atoms with E-state index in [4.69, 9.17) is 0 Å². The maximum absolute atomic E-state index is 4.01. The van der Waals surface area contributed by atoms with Gasteiger partial charge in [-0.25, -0.2) is 0 Å². The summed E-state index contributed by atoms with van der Waals surface area (Å²) in [6.45, 7) is 14.8. The number of rotatable bonds is 3. The molecule has 1 rings (SSSR count). The lowest BCUT2D eigenvalue weighted by Gasteiger charge is -2.13. The summed E-state index contributed by atoms with van der Waals surface area (Å²) in [6, 6.07) is 6.61. The van der Waals surface area contributed by atoms with Crippen LogP contribution < -0.4 is 0 Å². The molecule has 0 unspecified atom stereocenters. The lowest BCUT2D eigenvalue weighted by atomic mass is 9.92. The molecule has 1 aromatic carbocycles. The van der Waals surface area contributed by atoms with E-state index >= 15 is 0 Å². The number of allylic oxidation sites excluding steroid dienone is 3. The molecule has 0 fully saturated rings. The van der Waals surface area contributed by atoms with Crippen molar-refractivity contribution in [2.75, 3.05) is 0 Å². The summed E-state index contributed by atoms with van der Waals surface area (Å²) < 4.78 is 0. The molecule has 0 amide bonds. The van der Waals surface area contributed by atoms with Crippen LogP contribution in [0.5, 0.6) is 0 Å². The van der Waals surface area contributed by atoms with Gasteiger partial charge in [-0.1, -0.05) is 36.8 Å². The zero-order valence-electron chi connectivity index (χ0n) is 11.1. The molecule has 0 radical (unpaired) electrons. The summed E-state index contributed by atoms with van der Waals surface area (Å²) >= 11 is 0. The predicted octanol–water partition coefficient (Wildman–Crippen LogP) is 5.23. The topological polar surface area (TPSA) is 0 Å². The highest BCUT2D eigenvalue weighted by molar-refractivity contribution is 5.74. The van der Waals surface area contributed by atoms with Gasteiger partial charge in [0.15, 0.2) is 0 Å². The van der Waals surface area contributed by atoms with Gasteiger partial charge in [-0.05, 0) is 62.4 Å². The molecule has 0 atom stereocenters. The molecule has 1 aromatic rings. The zero-order chi connectivity index (χ0) is 12.3. The van der Waals surface area contributed by atoms with E-state index in [1.54, 1.807) is 0 Å². The van der Waals surface area contributed by atoms with Crippen LogP contribution >= 0.6 is 0 Å². The first-order valence-corrected chi connectivity index (χ1v) is 5.90. The maximum atomic E-state index is 4.01. The van der Waals surface area contributed by atoms with Crippen molar-refractivity contribution < 1.29 is 0 Å². The third-order valence-corrected chi connectivity index (χ3v) is 3.01. The van der Waals surface area contributed by atoms with E-state index in [0.29, 0.717) is 0 Å². The molecule has 16 heavy (non-hydrogen) atoms. The van der Waals surface area contributed by atoms with E-state index in [1.807, 2.05) is 0 Å². The van der Waals surface area contributed by atoms with Gasteiger partial charge in [-0.2, -0.15) is 0 Å². The van der Waals surface area contributed by atoms with Crippen LogP contribution in [0.1, 0.15) is 50.8 Å². The molecular formula is C16H22. The highest BCUT2D eigenvalue weighted by Crippen LogP contribution is 2.27. The van der Waals surface area contributed by atoms with Crippen molar-refractivity contribution in [3.63, 3.8) is 0 Å². The minimum atomic E-state index is 1.09. The summed E-state index contributed by atoms with van der Waals surface area (Å²) in [5.74, 6) is 0. The number of benzene rings is 1. The molecule has 0 spiro atoms. The van der Waals surface area contributed by atoms with Crippen molar-refractivity contribution >= 4 is 11.1 Å². The van der Waals surface area contributed by atoms with E-state index in [1.165, 1.54) is 27.8 Å². The molecule has 0 aliphatic heterocycles. The van der Waals surface area contributed by atoms with E-state index in [2.05, 4.69) is 59.4 Å². The molecule has 0 saturated carbocycles. The van der Waals surface area contributed by atoms with Gasteiger partial charge >= 0.3 is 0 Å². The van der Waals surface area contributed by atoms with Gasteiger partial charge in [0.2, 0.25) is 0 Å². The van der Waals surface area contributed by atoms with E-state index < -0.39 is 0 Å². The van der Waals surface area contributed by atoms with Crippen LogP contribution in [0, 0.1) is 6.92 Å². The van der Waals surface area contributed by atoms with Crippen LogP contribution in [0.15, 0.2) is 30.4 Å². The average Bonchev–Trinajstić information content (AvgIpc) is 2.20. The van der Waals surface area contributed by atoms with E-state index in [-0.39, 0.29) is 0 Å². The van der Waals surface area contributed by atoms with Crippen LogP contribution in [0.25, 0.3) is 11.1 Å². The fraction of sp³-hybridized carbons (Fsp3) is 0.375. The zero-order valence-corrected chi connectivity index (χ0v) is 11.1. The second kappa shape index (κ2) is 5.16. The molecule has 0 aliphatic rings. The number of hydrogen-bond acceptors (Lipinski definition) is 0. The Labute approximate surface area is 99.7 Å². The second-order valence-electron chi connectivity index (χ2n) is 4.64. The Kier molecular flexibility index (Phi) is 4.12. The normalized spacial score (nSPS) is 10.1. The van der Waals surface area contributed by atoms with Crippen molar-refractivity contribution in [2.45, 2.75) is 41.0 Å². The van der Waals surface area contributed by atoms with Crippen LogP contribution in [-0.4, -0.2) is 0 Å². The highest BCUT2D eigenvalue weighted by atomic mass is 14.1. The fourth-order valence-corrected chi connectivity index (χ4v) is 2.03. The van der Waals surface area contributed by atoms with Crippen LogP contribution in [0.2, 0.25) is 0 Å². The molecule has 0 saturated heterocycles. The first-order chi connectivity index (χ1) is 7.47. The number of hydrogen-bond donors (Lipinski definition) is 0. The van der Waals surface area contributed by atoms with Crippen molar-refractivity contribution in [2.24, 2.45) is 0 Å². The predicted molar refractivity (Wildman–Crippen MR) is 74.4 cm³/mol. The summed E-state index contributed by atoms with van der Waals surface area (Å²) in [6.07, 6.45) is 1.09. The standard InChI is InChI=1S/C16H22/c1-7-15(12(4)5)16-10-14(11(2)3)9-8-13(16)6/h8-10H,2,7H2,1,3-6H3. The van der Waals surface area contributed by atoms with Crippen LogP contribution in [0.4, 0.5) is 0 Å². The molecule has 0 N–H and O–H groups in total. The third-order valence-electron chi connectivity index (χ3n) is 3.01. The quantitative estimate of drug-likeness (QED) is 0.646. The van der Waals surface area contributed by atoms with Gasteiger partial charge in [-0.3, -0.25) is 0 Å². The molecule has 0 aliphatic carbocycles. The van der Waals surface area contributed by atoms with Crippen LogP contribution in [-0.2, 0) is 0 Å². The largest absolute Gasteiger partial charge is 0.0955 e. The minimum Gasteiger partial charge on any atom is -0.0955 e. The summed E-state index contributed by atoms with van der Waals surface area (Å²) in [4.78, 5) is 0. The Hall–Kier alpha value is -1.30. The Bertz CT molecular complexity index is 429. The van der Waals surface area contributed by atoms with Gasteiger partial charge in [0.25, 0.3) is 0 Å². The maximum Gasteiger partial charge on any atom is -0.0190 e. The second-order valence-corrected chi connectivity index (χ2v) is 4.64. The smallest absolute Gasteiger partial charge is 0.0190 e. The molecule has 0 nitrogen and oxygen atoms in total. The van der Waals surface area contributed by atoms with Gasteiger partial charge in [0, 0.05) is 0 Å². The van der Waals surface area contributed by atoms with Gasteiger partial charge in [0.1, 0.15) is 0 Å². The summed E-state index contributed by atoms with van der Waals surface area (Å²) in [5, 5.41) is 0. The van der Waals surface area contributed by atoms with Crippen molar-refractivity contribution in [3.8, 4) is 0 Å². The van der Waals surface area contributed by atoms with Crippen molar-refractivity contribution in [3.05, 3.63) is 47.0 Å². The Morgan fingerprint density at radius 2 is 1.81 bits per heavy atom. The molecule has 86 valence electrons. The third kappa shape index (κ3) is 2.63. The van der Waals surface area contributed by atoms with Gasteiger partial charge in [-0.15, -0.1) is 0 Å². The first kappa shape index (κ1) is 12.8. The summed E-state index contributed by atoms with van der Waals surface area (Å²) in [5.41, 5.74) is 7.97. The lowest BCUT2D eigenvalue weighted by molar-refractivity contribution is 1.18. The minimum absolute atomic E-state index is 1.09. The Balaban J connectivity index is 3.37. The summed E-state index contributed by atoms with van der Waals surface area (Å²) in [7, 11) is 0. The van der Waals surface area contributed by atoms with E-state index in [0.717, 1.165) is 12.0 Å². The SMILES string of the molecule is C=C(C)c1ccc(C)c(C(CC)=C(C)C)c1. The van der Waals surface area contributed by atoms with E-state index in [9.17, 15) is 0 Å². The molecule has 0 heterocycles. The first-order valence-electron chi connectivity index (χ1n) is 5.90. The van der Waals surface area contributed by atoms with Gasteiger partial charge in [0.05, 0.1) is 0 Å². The van der Waals surface area contributed by atoms with Crippen LogP contribution in [0.3, 0.4) is 0 Å². The Morgan fingerprint density at radius 3 is 2.25 bits per heavy atom. The van der Waals surface area contributed by atoms with Gasteiger partial charge < -0.3 is 0 Å². The lowest BCUT2D eigenvalue weighted by Crippen LogP contribution is -1.92.